The summed E-state index contributed by atoms with van der Waals surface area (Å²) in [5, 5.41) is 0. The van der Waals surface area contributed by atoms with E-state index in [1.165, 1.54) is 0 Å². The molecular formula is C13H17NO3. The van der Waals surface area contributed by atoms with Gasteiger partial charge in [-0.15, -0.1) is 0 Å². The van der Waals surface area contributed by atoms with Crippen LogP contribution >= 0.6 is 0 Å². The van der Waals surface area contributed by atoms with Crippen LogP contribution in [-0.4, -0.2) is 37.3 Å². The molecule has 2 rings (SSSR count). The molecule has 0 radical (unpaired) electrons. The minimum atomic E-state index is -0.606. The summed E-state index contributed by atoms with van der Waals surface area (Å²) in [6, 6.07) is 8.97. The number of piperidine rings is 1. The lowest BCUT2D eigenvalue weighted by Crippen LogP contribution is -2.35. The summed E-state index contributed by atoms with van der Waals surface area (Å²) >= 11 is 0. The Hall–Kier alpha value is -1.55. The standard InChI is InChI=1S/C13H17NO3/c1-14-9-7-12(8-10-14)17-13(15)16-11-5-3-2-4-6-11/h2-6,12H,7-10H2,1H3. The van der Waals surface area contributed by atoms with Gasteiger partial charge in [-0.1, -0.05) is 18.2 Å². The van der Waals surface area contributed by atoms with E-state index in [4.69, 9.17) is 9.47 Å². The van der Waals surface area contributed by atoms with Crippen molar-refractivity contribution < 1.29 is 14.3 Å². The molecule has 0 bridgehead atoms. The van der Waals surface area contributed by atoms with Crippen LogP contribution in [0.25, 0.3) is 0 Å². The highest BCUT2D eigenvalue weighted by molar-refractivity contribution is 5.63. The molecule has 0 aromatic heterocycles. The highest BCUT2D eigenvalue weighted by atomic mass is 16.7. The minimum Gasteiger partial charge on any atom is -0.431 e. The second-order valence-corrected chi connectivity index (χ2v) is 4.29. The fraction of sp³-hybridized carbons (Fsp3) is 0.462. The maximum absolute atomic E-state index is 11.5. The Morgan fingerprint density at radius 1 is 1.24 bits per heavy atom. The van der Waals surface area contributed by atoms with Gasteiger partial charge in [-0.25, -0.2) is 4.79 Å². The number of benzene rings is 1. The molecule has 0 saturated carbocycles. The molecule has 1 fully saturated rings. The molecule has 4 nitrogen and oxygen atoms in total. The molecule has 0 amide bonds. The predicted molar refractivity (Wildman–Crippen MR) is 64.1 cm³/mol. The van der Waals surface area contributed by atoms with Crippen LogP contribution < -0.4 is 4.74 Å². The fourth-order valence-corrected chi connectivity index (χ4v) is 1.85. The van der Waals surface area contributed by atoms with Crippen molar-refractivity contribution in [1.82, 2.24) is 4.90 Å². The van der Waals surface area contributed by atoms with Gasteiger partial charge < -0.3 is 14.4 Å². The van der Waals surface area contributed by atoms with Gasteiger partial charge in [0.25, 0.3) is 0 Å². The number of carbonyl (C=O) groups excluding carboxylic acids is 1. The lowest BCUT2D eigenvalue weighted by molar-refractivity contribution is 0.0291. The van der Waals surface area contributed by atoms with E-state index in [-0.39, 0.29) is 6.10 Å². The van der Waals surface area contributed by atoms with Crippen LogP contribution in [0.4, 0.5) is 4.79 Å². The summed E-state index contributed by atoms with van der Waals surface area (Å²) < 4.78 is 10.3. The first-order valence-electron chi connectivity index (χ1n) is 5.86. The van der Waals surface area contributed by atoms with E-state index in [1.807, 2.05) is 18.2 Å². The molecule has 1 aromatic rings. The number of ether oxygens (including phenoxy) is 2. The lowest BCUT2D eigenvalue weighted by atomic mass is 10.1. The molecule has 0 unspecified atom stereocenters. The van der Waals surface area contributed by atoms with Gasteiger partial charge in [0.1, 0.15) is 11.9 Å². The highest BCUT2D eigenvalue weighted by Crippen LogP contribution is 2.15. The largest absolute Gasteiger partial charge is 0.514 e. The Kier molecular flexibility index (Phi) is 3.98. The molecule has 4 heteroatoms. The monoisotopic (exact) mass is 235 g/mol. The van der Waals surface area contributed by atoms with Crippen LogP contribution in [0.2, 0.25) is 0 Å². The van der Waals surface area contributed by atoms with Crippen LogP contribution in [-0.2, 0) is 4.74 Å². The molecule has 1 aliphatic rings. The average Bonchev–Trinajstić information content (AvgIpc) is 2.33. The molecule has 1 heterocycles. The topological polar surface area (TPSA) is 38.8 Å². The maximum Gasteiger partial charge on any atom is 0.514 e. The van der Waals surface area contributed by atoms with Gasteiger partial charge in [-0.3, -0.25) is 0 Å². The SMILES string of the molecule is CN1CCC(OC(=O)Oc2ccccc2)CC1. The predicted octanol–water partition coefficient (Wildman–Crippen LogP) is 2.30. The number of hydrogen-bond donors (Lipinski definition) is 0. The van der Waals surface area contributed by atoms with Crippen LogP contribution in [0.15, 0.2) is 30.3 Å². The third-order valence-corrected chi connectivity index (χ3v) is 2.87. The molecular weight excluding hydrogens is 218 g/mol. The third-order valence-electron chi connectivity index (χ3n) is 2.87. The average molecular weight is 235 g/mol. The Morgan fingerprint density at radius 2 is 1.88 bits per heavy atom. The van der Waals surface area contributed by atoms with E-state index in [9.17, 15) is 4.79 Å². The van der Waals surface area contributed by atoms with Crippen LogP contribution in [0.3, 0.4) is 0 Å². The van der Waals surface area contributed by atoms with E-state index < -0.39 is 6.16 Å². The van der Waals surface area contributed by atoms with E-state index >= 15 is 0 Å². The zero-order chi connectivity index (χ0) is 12.1. The third kappa shape index (κ3) is 3.75. The first-order valence-corrected chi connectivity index (χ1v) is 5.86. The van der Waals surface area contributed by atoms with Crippen LogP contribution in [0.5, 0.6) is 5.75 Å². The molecule has 0 spiro atoms. The number of carbonyl (C=O) groups is 1. The number of likely N-dealkylation sites (tertiary alicyclic amines) is 1. The number of nitrogens with zero attached hydrogens (tertiary/aromatic N) is 1. The quantitative estimate of drug-likeness (QED) is 0.582. The van der Waals surface area contributed by atoms with Crippen LogP contribution in [0, 0.1) is 0 Å². The van der Waals surface area contributed by atoms with Crippen molar-refractivity contribution in [3.8, 4) is 5.75 Å². The molecule has 0 N–H and O–H groups in total. The lowest BCUT2D eigenvalue weighted by Gasteiger charge is -2.28. The van der Waals surface area contributed by atoms with Gasteiger partial charge in [0, 0.05) is 13.1 Å². The van der Waals surface area contributed by atoms with Gasteiger partial charge in [0.05, 0.1) is 0 Å². The van der Waals surface area contributed by atoms with Crippen molar-refractivity contribution in [3.63, 3.8) is 0 Å². The highest BCUT2D eigenvalue weighted by Gasteiger charge is 2.21. The maximum atomic E-state index is 11.5. The number of para-hydroxylation sites is 1. The van der Waals surface area contributed by atoms with E-state index in [2.05, 4.69) is 11.9 Å². The Bertz CT molecular complexity index is 358. The van der Waals surface area contributed by atoms with E-state index in [0.29, 0.717) is 5.75 Å². The second-order valence-electron chi connectivity index (χ2n) is 4.29. The van der Waals surface area contributed by atoms with Crippen molar-refractivity contribution in [1.29, 1.82) is 0 Å². The van der Waals surface area contributed by atoms with E-state index in [1.54, 1.807) is 12.1 Å². The summed E-state index contributed by atoms with van der Waals surface area (Å²) in [6.07, 6.45) is 1.13. The number of hydrogen-bond acceptors (Lipinski definition) is 4. The van der Waals surface area contributed by atoms with Crippen LogP contribution in [0.1, 0.15) is 12.8 Å². The first-order chi connectivity index (χ1) is 8.24. The van der Waals surface area contributed by atoms with Gasteiger partial charge in [-0.05, 0) is 32.0 Å². The molecule has 1 aliphatic heterocycles. The van der Waals surface area contributed by atoms with Gasteiger partial charge in [0.2, 0.25) is 0 Å². The van der Waals surface area contributed by atoms with Crippen molar-refractivity contribution in [3.05, 3.63) is 30.3 Å². The molecule has 1 aromatic carbocycles. The summed E-state index contributed by atoms with van der Waals surface area (Å²) in [4.78, 5) is 13.7. The second kappa shape index (κ2) is 5.68. The summed E-state index contributed by atoms with van der Waals surface area (Å²) in [5.74, 6) is 0.519. The molecule has 0 atom stereocenters. The molecule has 1 saturated heterocycles. The summed E-state index contributed by atoms with van der Waals surface area (Å²) in [6.45, 7) is 1.92. The van der Waals surface area contributed by atoms with E-state index in [0.717, 1.165) is 25.9 Å². The van der Waals surface area contributed by atoms with Gasteiger partial charge in [0.15, 0.2) is 0 Å². The molecule has 17 heavy (non-hydrogen) atoms. The van der Waals surface area contributed by atoms with Crippen molar-refractivity contribution in [2.24, 2.45) is 0 Å². The fourth-order valence-electron chi connectivity index (χ4n) is 1.85. The zero-order valence-electron chi connectivity index (χ0n) is 9.96. The number of rotatable bonds is 2. The van der Waals surface area contributed by atoms with Gasteiger partial charge in [-0.2, -0.15) is 0 Å². The Labute approximate surface area is 101 Å². The molecule has 92 valence electrons. The smallest absolute Gasteiger partial charge is 0.431 e. The Morgan fingerprint density at radius 3 is 2.53 bits per heavy atom. The Balaban J connectivity index is 1.78. The summed E-state index contributed by atoms with van der Waals surface area (Å²) in [7, 11) is 2.07. The van der Waals surface area contributed by atoms with Crippen molar-refractivity contribution in [2.75, 3.05) is 20.1 Å². The zero-order valence-corrected chi connectivity index (χ0v) is 9.96. The van der Waals surface area contributed by atoms with Crippen molar-refractivity contribution in [2.45, 2.75) is 18.9 Å². The normalized spacial score (nSPS) is 17.7. The summed E-state index contributed by atoms with van der Waals surface area (Å²) in [5.41, 5.74) is 0. The minimum absolute atomic E-state index is 0.0117. The molecule has 0 aliphatic carbocycles. The van der Waals surface area contributed by atoms with Crippen molar-refractivity contribution >= 4 is 6.16 Å². The first kappa shape index (κ1) is 11.9. The van der Waals surface area contributed by atoms with Gasteiger partial charge >= 0.3 is 6.16 Å².